The van der Waals surface area contributed by atoms with Gasteiger partial charge >= 0.3 is 0 Å². The molecule has 27 heavy (non-hydrogen) atoms. The molecule has 4 nitrogen and oxygen atoms in total. The summed E-state index contributed by atoms with van der Waals surface area (Å²) in [6.07, 6.45) is 5.97. The molecule has 4 rings (SSSR count). The Balaban J connectivity index is 1.42. The summed E-state index contributed by atoms with van der Waals surface area (Å²) in [5.74, 6) is 0. The number of benzene rings is 2. The molecule has 142 valence electrons. The lowest BCUT2D eigenvalue weighted by Gasteiger charge is -2.29. The molecule has 2 fully saturated rings. The van der Waals surface area contributed by atoms with Gasteiger partial charge in [0.1, 0.15) is 0 Å². The van der Waals surface area contributed by atoms with Crippen molar-refractivity contribution in [3.05, 3.63) is 53.6 Å². The normalized spacial score (nSPS) is 18.3. The zero-order chi connectivity index (χ0) is 18.5. The number of aliphatic imine (C=N–C) groups is 1. The Labute approximate surface area is 162 Å². The third kappa shape index (κ3) is 4.51. The van der Waals surface area contributed by atoms with Crippen LogP contribution in [0.2, 0.25) is 0 Å². The molecule has 0 spiro atoms. The lowest BCUT2D eigenvalue weighted by molar-refractivity contribution is 0.122. The maximum atomic E-state index is 5.42. The monoisotopic (exact) mass is 363 g/mol. The molecule has 0 radical (unpaired) electrons. The van der Waals surface area contributed by atoms with Gasteiger partial charge in [-0.3, -0.25) is 4.99 Å². The Morgan fingerprint density at radius 1 is 0.815 bits per heavy atom. The topological polar surface area (TPSA) is 28.1 Å². The number of anilines is 2. The number of piperidine rings is 1. The average molecular weight is 364 g/mol. The molecule has 0 saturated carbocycles. The van der Waals surface area contributed by atoms with E-state index in [-0.39, 0.29) is 0 Å². The standard InChI is InChI=1S/C23H29N3O/c1-19-17-23(25-11-3-2-4-12-25)8-5-20(19)18-24-21-6-9-22(10-7-21)26-13-15-27-16-14-26/h5-10,17-18H,2-4,11-16H2,1H3. The smallest absolute Gasteiger partial charge is 0.0642 e. The Morgan fingerprint density at radius 2 is 1.48 bits per heavy atom. The predicted octanol–water partition coefficient (Wildman–Crippen LogP) is 4.57. The lowest BCUT2D eigenvalue weighted by Crippen LogP contribution is -2.36. The van der Waals surface area contributed by atoms with E-state index in [2.05, 4.69) is 64.2 Å². The summed E-state index contributed by atoms with van der Waals surface area (Å²) in [6.45, 7) is 8.09. The van der Waals surface area contributed by atoms with Crippen LogP contribution in [0.15, 0.2) is 47.5 Å². The van der Waals surface area contributed by atoms with E-state index < -0.39 is 0 Å². The first-order valence-electron chi connectivity index (χ1n) is 10.1. The number of ether oxygens (including phenoxy) is 1. The average Bonchev–Trinajstić information content (AvgIpc) is 2.74. The predicted molar refractivity (Wildman–Crippen MR) is 114 cm³/mol. The van der Waals surface area contributed by atoms with Crippen molar-refractivity contribution < 1.29 is 4.74 Å². The van der Waals surface area contributed by atoms with Crippen LogP contribution in [0, 0.1) is 6.92 Å². The van der Waals surface area contributed by atoms with Crippen molar-refractivity contribution in [3.8, 4) is 0 Å². The van der Waals surface area contributed by atoms with Gasteiger partial charge in [-0.2, -0.15) is 0 Å². The Hall–Kier alpha value is -2.33. The van der Waals surface area contributed by atoms with Crippen LogP contribution in [0.25, 0.3) is 0 Å². The van der Waals surface area contributed by atoms with Gasteiger partial charge in [0.2, 0.25) is 0 Å². The van der Waals surface area contributed by atoms with Gasteiger partial charge in [-0.25, -0.2) is 0 Å². The summed E-state index contributed by atoms with van der Waals surface area (Å²) in [5, 5.41) is 0. The van der Waals surface area contributed by atoms with Gasteiger partial charge in [-0.05, 0) is 73.7 Å². The molecule has 2 aliphatic rings. The number of morpholine rings is 1. The van der Waals surface area contributed by atoms with Crippen LogP contribution in [-0.4, -0.2) is 45.6 Å². The molecule has 0 aliphatic carbocycles. The van der Waals surface area contributed by atoms with Crippen molar-refractivity contribution in [3.63, 3.8) is 0 Å². The van der Waals surface area contributed by atoms with Crippen LogP contribution in [-0.2, 0) is 4.74 Å². The van der Waals surface area contributed by atoms with E-state index in [4.69, 9.17) is 4.74 Å². The summed E-state index contributed by atoms with van der Waals surface area (Å²) >= 11 is 0. The maximum Gasteiger partial charge on any atom is 0.0642 e. The molecule has 0 unspecified atom stereocenters. The molecule has 0 N–H and O–H groups in total. The highest BCUT2D eigenvalue weighted by Crippen LogP contribution is 2.24. The molecule has 0 aromatic heterocycles. The van der Waals surface area contributed by atoms with Crippen LogP contribution < -0.4 is 9.80 Å². The van der Waals surface area contributed by atoms with Gasteiger partial charge < -0.3 is 14.5 Å². The van der Waals surface area contributed by atoms with Crippen molar-refractivity contribution >= 4 is 23.3 Å². The zero-order valence-electron chi connectivity index (χ0n) is 16.2. The van der Waals surface area contributed by atoms with Crippen molar-refractivity contribution in [1.82, 2.24) is 0 Å². The quantitative estimate of drug-likeness (QED) is 0.745. The first-order valence-corrected chi connectivity index (χ1v) is 10.1. The van der Waals surface area contributed by atoms with Crippen molar-refractivity contribution in [2.45, 2.75) is 26.2 Å². The van der Waals surface area contributed by atoms with Crippen LogP contribution in [0.5, 0.6) is 0 Å². The summed E-state index contributed by atoms with van der Waals surface area (Å²) < 4.78 is 5.42. The SMILES string of the molecule is Cc1cc(N2CCCCC2)ccc1C=Nc1ccc(N2CCOCC2)cc1. The second kappa shape index (κ2) is 8.57. The first-order chi connectivity index (χ1) is 13.3. The van der Waals surface area contributed by atoms with Gasteiger partial charge in [0.05, 0.1) is 18.9 Å². The van der Waals surface area contributed by atoms with E-state index in [1.807, 2.05) is 6.21 Å². The zero-order valence-corrected chi connectivity index (χ0v) is 16.2. The molecular formula is C23H29N3O. The summed E-state index contributed by atoms with van der Waals surface area (Å²) in [5.41, 5.74) is 6.06. The fourth-order valence-corrected chi connectivity index (χ4v) is 3.87. The van der Waals surface area contributed by atoms with Crippen molar-refractivity contribution in [1.29, 1.82) is 0 Å². The minimum absolute atomic E-state index is 0.812. The molecule has 2 aromatic carbocycles. The summed E-state index contributed by atoms with van der Waals surface area (Å²) in [4.78, 5) is 9.55. The van der Waals surface area contributed by atoms with E-state index in [1.165, 1.54) is 54.9 Å². The minimum Gasteiger partial charge on any atom is -0.378 e. The van der Waals surface area contributed by atoms with E-state index in [9.17, 15) is 0 Å². The Kier molecular flexibility index (Phi) is 5.73. The molecule has 0 atom stereocenters. The lowest BCUT2D eigenvalue weighted by atomic mass is 10.1. The van der Waals surface area contributed by atoms with Gasteiger partial charge in [0.25, 0.3) is 0 Å². The highest BCUT2D eigenvalue weighted by Gasteiger charge is 2.12. The number of hydrogen-bond donors (Lipinski definition) is 0. The number of nitrogens with zero attached hydrogens (tertiary/aromatic N) is 3. The van der Waals surface area contributed by atoms with Crippen molar-refractivity contribution in [2.75, 3.05) is 49.2 Å². The number of rotatable bonds is 4. The van der Waals surface area contributed by atoms with Crippen LogP contribution in [0.1, 0.15) is 30.4 Å². The van der Waals surface area contributed by atoms with Crippen LogP contribution >= 0.6 is 0 Å². The van der Waals surface area contributed by atoms with E-state index in [1.54, 1.807) is 0 Å². The number of hydrogen-bond acceptors (Lipinski definition) is 4. The van der Waals surface area contributed by atoms with Crippen LogP contribution in [0.4, 0.5) is 17.1 Å². The Bertz CT molecular complexity index is 773. The van der Waals surface area contributed by atoms with Gasteiger partial charge in [-0.15, -0.1) is 0 Å². The molecular weight excluding hydrogens is 334 g/mol. The van der Waals surface area contributed by atoms with E-state index in [0.29, 0.717) is 0 Å². The molecule has 2 saturated heterocycles. The molecule has 2 aromatic rings. The van der Waals surface area contributed by atoms with E-state index in [0.717, 1.165) is 32.0 Å². The second-order valence-electron chi connectivity index (χ2n) is 7.46. The third-order valence-electron chi connectivity index (χ3n) is 5.55. The molecule has 0 bridgehead atoms. The summed E-state index contributed by atoms with van der Waals surface area (Å²) in [6, 6.07) is 15.2. The third-order valence-corrected chi connectivity index (χ3v) is 5.55. The highest BCUT2D eigenvalue weighted by atomic mass is 16.5. The number of aryl methyl sites for hydroxylation is 1. The molecule has 4 heteroatoms. The Morgan fingerprint density at radius 3 is 2.19 bits per heavy atom. The minimum atomic E-state index is 0.812. The second-order valence-corrected chi connectivity index (χ2v) is 7.46. The fraction of sp³-hybridized carbons (Fsp3) is 0.435. The van der Waals surface area contributed by atoms with Crippen molar-refractivity contribution in [2.24, 2.45) is 4.99 Å². The van der Waals surface area contributed by atoms with Gasteiger partial charge in [-0.1, -0.05) is 6.07 Å². The first kappa shape index (κ1) is 18.1. The largest absolute Gasteiger partial charge is 0.378 e. The van der Waals surface area contributed by atoms with E-state index >= 15 is 0 Å². The molecule has 2 aliphatic heterocycles. The van der Waals surface area contributed by atoms with Gasteiger partial charge in [0.15, 0.2) is 0 Å². The fourth-order valence-electron chi connectivity index (χ4n) is 3.87. The van der Waals surface area contributed by atoms with Gasteiger partial charge in [0, 0.05) is 43.8 Å². The maximum absolute atomic E-state index is 5.42. The summed E-state index contributed by atoms with van der Waals surface area (Å²) in [7, 11) is 0. The van der Waals surface area contributed by atoms with Crippen LogP contribution in [0.3, 0.4) is 0 Å². The molecule has 2 heterocycles. The highest BCUT2D eigenvalue weighted by molar-refractivity contribution is 5.84. The molecule has 0 amide bonds.